The highest BCUT2D eigenvalue weighted by Crippen LogP contribution is 2.33. The van der Waals surface area contributed by atoms with Crippen molar-refractivity contribution >= 4 is 22.8 Å². The molecule has 1 aliphatic rings. The number of aromatic nitrogens is 1. The van der Waals surface area contributed by atoms with Crippen molar-refractivity contribution < 1.29 is 19.1 Å². The molecule has 0 bridgehead atoms. The number of esters is 2. The fraction of sp³-hybridized carbons (Fsp3) is 0.0500. The first-order valence-electron chi connectivity index (χ1n) is 8.21. The number of benzene rings is 2. The Bertz CT molecular complexity index is 1130. The number of fused-ring (bicyclic) bond motifs is 3. The molecule has 0 aliphatic carbocycles. The van der Waals surface area contributed by atoms with Gasteiger partial charge in [-0.1, -0.05) is 42.5 Å². The lowest BCUT2D eigenvalue weighted by Gasteiger charge is -2.18. The Labute approximate surface area is 153 Å². The first-order chi connectivity index (χ1) is 13.1. The average Bonchev–Trinajstić information content (AvgIpc) is 2.68. The minimum Gasteiger partial charge on any atom is -0.418 e. The van der Waals surface area contributed by atoms with Gasteiger partial charge in [-0.15, -0.1) is 0 Å². The lowest BCUT2D eigenvalue weighted by Crippen LogP contribution is -2.32. The van der Waals surface area contributed by atoms with Gasteiger partial charge in [0.2, 0.25) is 5.75 Å². The molecule has 0 saturated heterocycles. The number of carbonyl (C=O) groups excluding carboxylic acids is 2. The molecule has 2 aromatic carbocycles. The van der Waals surface area contributed by atoms with Crippen molar-refractivity contribution in [2.45, 2.75) is 6.54 Å². The summed E-state index contributed by atoms with van der Waals surface area (Å²) in [5.74, 6) is -1.99. The fourth-order valence-corrected chi connectivity index (χ4v) is 2.81. The van der Waals surface area contributed by atoms with E-state index in [9.17, 15) is 14.4 Å². The largest absolute Gasteiger partial charge is 0.418 e. The van der Waals surface area contributed by atoms with Crippen LogP contribution < -0.4 is 20.5 Å². The predicted molar refractivity (Wildman–Crippen MR) is 98.1 cm³/mol. The van der Waals surface area contributed by atoms with Crippen molar-refractivity contribution in [2.75, 3.05) is 5.43 Å². The van der Waals surface area contributed by atoms with Crippen LogP contribution in [0.5, 0.6) is 11.5 Å². The zero-order valence-corrected chi connectivity index (χ0v) is 14.0. The van der Waals surface area contributed by atoms with Crippen molar-refractivity contribution in [2.24, 2.45) is 0 Å². The molecule has 1 aliphatic heterocycles. The van der Waals surface area contributed by atoms with Gasteiger partial charge in [0.15, 0.2) is 5.75 Å². The van der Waals surface area contributed by atoms with Crippen LogP contribution in [-0.4, -0.2) is 16.6 Å². The number of hydrogen-bond donors (Lipinski definition) is 1. The van der Waals surface area contributed by atoms with Gasteiger partial charge in [0.25, 0.3) is 0 Å². The van der Waals surface area contributed by atoms with Crippen molar-refractivity contribution in [1.82, 2.24) is 4.68 Å². The van der Waals surface area contributed by atoms with E-state index < -0.39 is 17.5 Å². The quantitative estimate of drug-likeness (QED) is 0.719. The standard InChI is InChI=1S/C20H14N2O5/c23-16-10-11-17(24)27-19-18(26-16)14-8-4-5-9-15(14)22(20(19)25)21-12-13-6-2-1-3-7-13/h1-11,21H,12H2/b11-10+. The van der Waals surface area contributed by atoms with E-state index in [1.54, 1.807) is 24.3 Å². The van der Waals surface area contributed by atoms with Crippen LogP contribution in [-0.2, 0) is 16.1 Å². The maximum Gasteiger partial charge on any atom is 0.336 e. The Kier molecular flexibility index (Phi) is 4.18. The van der Waals surface area contributed by atoms with Crippen molar-refractivity contribution in [3.05, 3.63) is 82.7 Å². The fourth-order valence-electron chi connectivity index (χ4n) is 2.81. The number of nitrogens with zero attached hydrogens (tertiary/aromatic N) is 1. The molecule has 0 radical (unpaired) electrons. The summed E-state index contributed by atoms with van der Waals surface area (Å²) in [6.45, 7) is 0.372. The van der Waals surface area contributed by atoms with Crippen LogP contribution in [0.4, 0.5) is 0 Å². The van der Waals surface area contributed by atoms with E-state index in [0.29, 0.717) is 17.4 Å². The molecule has 1 N–H and O–H groups in total. The lowest BCUT2D eigenvalue weighted by molar-refractivity contribution is -0.133. The predicted octanol–water partition coefficient (Wildman–Crippen LogP) is 2.13. The third-order valence-corrected chi connectivity index (χ3v) is 4.04. The third-order valence-electron chi connectivity index (χ3n) is 4.04. The van der Waals surface area contributed by atoms with Gasteiger partial charge in [0.1, 0.15) is 0 Å². The molecule has 7 heteroatoms. The summed E-state index contributed by atoms with van der Waals surface area (Å²) in [7, 11) is 0. The second-order valence-electron chi connectivity index (χ2n) is 5.81. The second kappa shape index (κ2) is 6.80. The monoisotopic (exact) mass is 362 g/mol. The highest BCUT2D eigenvalue weighted by molar-refractivity contribution is 5.99. The topological polar surface area (TPSA) is 86.6 Å². The van der Waals surface area contributed by atoms with E-state index in [0.717, 1.165) is 17.7 Å². The minimum atomic E-state index is -0.824. The van der Waals surface area contributed by atoms with Gasteiger partial charge < -0.3 is 14.9 Å². The number of rotatable bonds is 3. The lowest BCUT2D eigenvalue weighted by atomic mass is 10.2. The van der Waals surface area contributed by atoms with Crippen LogP contribution in [0, 0.1) is 0 Å². The van der Waals surface area contributed by atoms with E-state index in [4.69, 9.17) is 9.47 Å². The van der Waals surface area contributed by atoms with Gasteiger partial charge in [0, 0.05) is 17.5 Å². The first-order valence-corrected chi connectivity index (χ1v) is 8.21. The van der Waals surface area contributed by atoms with Crippen LogP contribution in [0.2, 0.25) is 0 Å². The molecule has 0 fully saturated rings. The number of para-hydroxylation sites is 1. The molecule has 7 nitrogen and oxygen atoms in total. The maximum absolute atomic E-state index is 13.0. The maximum atomic E-state index is 13.0. The van der Waals surface area contributed by atoms with Gasteiger partial charge in [-0.2, -0.15) is 0 Å². The van der Waals surface area contributed by atoms with Gasteiger partial charge >= 0.3 is 17.5 Å². The molecule has 1 aromatic heterocycles. The van der Waals surface area contributed by atoms with E-state index in [1.165, 1.54) is 4.68 Å². The molecule has 0 amide bonds. The molecule has 27 heavy (non-hydrogen) atoms. The molecular formula is C20H14N2O5. The number of hydrogen-bond acceptors (Lipinski definition) is 6. The van der Waals surface area contributed by atoms with Gasteiger partial charge in [-0.05, 0) is 17.7 Å². The number of pyridine rings is 1. The Morgan fingerprint density at radius 1 is 0.778 bits per heavy atom. The Hall–Kier alpha value is -3.87. The minimum absolute atomic E-state index is 0.0731. The molecule has 0 unspecified atom stereocenters. The van der Waals surface area contributed by atoms with Gasteiger partial charge in [0.05, 0.1) is 12.1 Å². The van der Waals surface area contributed by atoms with Crippen LogP contribution in [0.1, 0.15) is 5.56 Å². The summed E-state index contributed by atoms with van der Waals surface area (Å²) in [6.07, 6.45) is 1.88. The molecule has 4 rings (SSSR count). The Morgan fingerprint density at radius 2 is 1.41 bits per heavy atom. The number of ether oxygens (including phenoxy) is 2. The smallest absolute Gasteiger partial charge is 0.336 e. The highest BCUT2D eigenvalue weighted by atomic mass is 16.6. The van der Waals surface area contributed by atoms with Gasteiger partial charge in [-0.3, -0.25) is 4.79 Å². The van der Waals surface area contributed by atoms with Crippen LogP contribution >= 0.6 is 0 Å². The summed E-state index contributed by atoms with van der Waals surface area (Å²) in [4.78, 5) is 36.7. The Morgan fingerprint density at radius 3 is 2.15 bits per heavy atom. The summed E-state index contributed by atoms with van der Waals surface area (Å²) in [5.41, 5.74) is 3.87. The van der Waals surface area contributed by atoms with E-state index in [2.05, 4.69) is 5.43 Å². The summed E-state index contributed by atoms with van der Waals surface area (Å²) < 4.78 is 11.7. The van der Waals surface area contributed by atoms with Crippen LogP contribution in [0.3, 0.4) is 0 Å². The zero-order valence-electron chi connectivity index (χ0n) is 14.0. The molecule has 0 spiro atoms. The highest BCUT2D eigenvalue weighted by Gasteiger charge is 2.24. The van der Waals surface area contributed by atoms with Crippen molar-refractivity contribution in [3.63, 3.8) is 0 Å². The molecule has 2 heterocycles. The van der Waals surface area contributed by atoms with E-state index in [1.807, 2.05) is 30.3 Å². The van der Waals surface area contributed by atoms with E-state index >= 15 is 0 Å². The normalized spacial score (nSPS) is 14.5. The van der Waals surface area contributed by atoms with Crippen molar-refractivity contribution in [3.8, 4) is 11.5 Å². The molecule has 3 aromatic rings. The molecule has 0 atom stereocenters. The average molecular weight is 362 g/mol. The molecule has 0 saturated carbocycles. The number of nitrogens with one attached hydrogen (secondary N) is 1. The van der Waals surface area contributed by atoms with E-state index in [-0.39, 0.29) is 11.5 Å². The third kappa shape index (κ3) is 3.18. The Balaban J connectivity index is 1.88. The zero-order chi connectivity index (χ0) is 18.8. The molecular weight excluding hydrogens is 348 g/mol. The summed E-state index contributed by atoms with van der Waals surface area (Å²) >= 11 is 0. The molecule has 134 valence electrons. The summed E-state index contributed by atoms with van der Waals surface area (Å²) in [6, 6.07) is 16.4. The first kappa shape index (κ1) is 16.6. The number of carbonyl (C=O) groups is 2. The summed E-state index contributed by atoms with van der Waals surface area (Å²) in [5, 5.41) is 0.462. The SMILES string of the molecule is O=C1/C=C/C(=O)Oc2c(c(=O)n(NCc3ccccc3)c3ccccc23)O1. The van der Waals surface area contributed by atoms with Crippen molar-refractivity contribution in [1.29, 1.82) is 0 Å². The second-order valence-corrected chi connectivity index (χ2v) is 5.81. The van der Waals surface area contributed by atoms with Crippen LogP contribution in [0.25, 0.3) is 10.9 Å². The van der Waals surface area contributed by atoms with Crippen LogP contribution in [0.15, 0.2) is 71.5 Å². The van der Waals surface area contributed by atoms with Gasteiger partial charge in [-0.25, -0.2) is 14.3 Å².